The van der Waals surface area contributed by atoms with E-state index < -0.39 is 32.0 Å². The monoisotopic (exact) mass is 514 g/mol. The molecule has 0 spiro atoms. The topological polar surface area (TPSA) is 98.2 Å². The highest BCUT2D eigenvalue weighted by Gasteiger charge is 2.44. The van der Waals surface area contributed by atoms with Crippen molar-refractivity contribution in [3.05, 3.63) is 59.3 Å². The predicted octanol–water partition coefficient (Wildman–Crippen LogP) is 5.32. The lowest BCUT2D eigenvalue weighted by Crippen LogP contribution is -2.41. The Morgan fingerprint density at radius 3 is 2.47 bits per heavy atom. The lowest BCUT2D eigenvalue weighted by atomic mass is 9.85. The van der Waals surface area contributed by atoms with Crippen LogP contribution < -0.4 is 4.74 Å². The van der Waals surface area contributed by atoms with Gasteiger partial charge in [0, 0.05) is 11.8 Å². The number of aliphatic hydroxyl groups is 1. The van der Waals surface area contributed by atoms with Crippen molar-refractivity contribution < 1.29 is 28.6 Å². The number of nitrogens with zero attached hydrogens (tertiary/aromatic N) is 2. The fraction of sp³-hybridized carbons (Fsp3) is 0.519. The second-order valence-electron chi connectivity index (χ2n) is 10.7. The maximum Gasteiger partial charge on any atom is 0.417 e. The summed E-state index contributed by atoms with van der Waals surface area (Å²) >= 11 is 0. The number of carbonyl (C=O) groups is 2. The van der Waals surface area contributed by atoms with E-state index >= 15 is 0 Å². The third-order valence-electron chi connectivity index (χ3n) is 7.45. The summed E-state index contributed by atoms with van der Waals surface area (Å²) in [7, 11) is -0.609. The number of hydrogen-bond acceptors (Lipinski definition) is 7. The highest BCUT2D eigenvalue weighted by Crippen LogP contribution is 2.40. The molecule has 0 radical (unpaired) electrons. The molecule has 8 nitrogen and oxygen atoms in total. The number of carbonyl (C=O) groups excluding carboxylic acids is 2. The van der Waals surface area contributed by atoms with E-state index in [9.17, 15) is 14.7 Å². The molecule has 0 saturated carbocycles. The molecular formula is C27H38N2O6Si. The van der Waals surface area contributed by atoms with Crippen molar-refractivity contribution in [3.8, 4) is 5.88 Å². The van der Waals surface area contributed by atoms with Crippen LogP contribution in [-0.4, -0.2) is 49.0 Å². The van der Waals surface area contributed by atoms with Gasteiger partial charge in [-0.25, -0.2) is 14.7 Å². The van der Waals surface area contributed by atoms with E-state index in [0.717, 1.165) is 10.5 Å². The number of rotatable bonds is 9. The summed E-state index contributed by atoms with van der Waals surface area (Å²) < 4.78 is 17.2. The van der Waals surface area contributed by atoms with Gasteiger partial charge < -0.3 is 19.0 Å². The second kappa shape index (κ2) is 10.7. The first-order chi connectivity index (χ1) is 16.8. The maximum absolute atomic E-state index is 13.5. The Labute approximate surface area is 214 Å². The van der Waals surface area contributed by atoms with Gasteiger partial charge in [0.25, 0.3) is 0 Å². The highest BCUT2D eigenvalue weighted by atomic mass is 28.4. The smallest absolute Gasteiger partial charge is 0.417 e. The zero-order valence-corrected chi connectivity index (χ0v) is 23.3. The number of benzene rings is 1. The minimum absolute atomic E-state index is 0.0117. The molecule has 1 aromatic carbocycles. The van der Waals surface area contributed by atoms with Crippen molar-refractivity contribution in [1.82, 2.24) is 9.88 Å². The first kappa shape index (κ1) is 27.8. The average molecular weight is 515 g/mol. The van der Waals surface area contributed by atoms with Crippen molar-refractivity contribution in [3.63, 3.8) is 0 Å². The molecule has 36 heavy (non-hydrogen) atoms. The number of methoxy groups -OCH3 is 1. The Kier molecular flexibility index (Phi) is 8.27. The lowest BCUT2D eigenvalue weighted by Gasteiger charge is -2.37. The van der Waals surface area contributed by atoms with Crippen molar-refractivity contribution >= 4 is 20.3 Å². The molecule has 2 amide bonds. The van der Waals surface area contributed by atoms with Gasteiger partial charge in [-0.1, -0.05) is 58.0 Å². The molecule has 1 aliphatic rings. The van der Waals surface area contributed by atoms with Crippen LogP contribution in [0.15, 0.2) is 42.6 Å². The van der Waals surface area contributed by atoms with E-state index in [0.29, 0.717) is 17.0 Å². The van der Waals surface area contributed by atoms with Crippen LogP contribution >= 0.6 is 0 Å². The van der Waals surface area contributed by atoms with Crippen molar-refractivity contribution in [2.45, 2.75) is 76.9 Å². The average Bonchev–Trinajstić information content (AvgIpc) is 3.23. The molecule has 1 unspecified atom stereocenters. The molecule has 2 atom stereocenters. The Balaban J connectivity index is 1.93. The van der Waals surface area contributed by atoms with Crippen LogP contribution in [0.25, 0.3) is 0 Å². The van der Waals surface area contributed by atoms with Crippen LogP contribution in [0.5, 0.6) is 5.88 Å². The van der Waals surface area contributed by atoms with Gasteiger partial charge in [-0.3, -0.25) is 4.79 Å². The fourth-order valence-electron chi connectivity index (χ4n) is 4.06. The maximum atomic E-state index is 13.5. The zero-order chi connectivity index (χ0) is 26.7. The first-order valence-corrected chi connectivity index (χ1v) is 15.2. The van der Waals surface area contributed by atoms with Gasteiger partial charge in [0.2, 0.25) is 11.8 Å². The molecular weight excluding hydrogens is 476 g/mol. The van der Waals surface area contributed by atoms with E-state index in [1.54, 1.807) is 19.2 Å². The second-order valence-corrected chi connectivity index (χ2v) is 15.5. The number of amides is 2. The quantitative estimate of drug-likeness (QED) is 0.452. The zero-order valence-electron chi connectivity index (χ0n) is 22.3. The number of aromatic nitrogens is 1. The van der Waals surface area contributed by atoms with Crippen molar-refractivity contribution in [2.24, 2.45) is 0 Å². The van der Waals surface area contributed by atoms with Crippen LogP contribution in [-0.2, 0) is 26.2 Å². The molecule has 0 aliphatic carbocycles. The molecule has 9 heteroatoms. The predicted molar refractivity (Wildman–Crippen MR) is 139 cm³/mol. The Morgan fingerprint density at radius 1 is 1.22 bits per heavy atom. The minimum Gasteiger partial charge on any atom is -0.481 e. The number of hydrogen-bond donors (Lipinski definition) is 1. The SMILES string of the molecule is CCC(O)(CC(=O)N1C(=O)OC[C@@H]1c1ccccc1)c1ccnc(OC)c1CO[Si](C)(C)C(C)(C)C. The molecule has 196 valence electrons. The van der Waals surface area contributed by atoms with E-state index in [2.05, 4.69) is 38.8 Å². The summed E-state index contributed by atoms with van der Waals surface area (Å²) in [5.74, 6) is -0.170. The number of ether oxygens (including phenoxy) is 2. The Bertz CT molecular complexity index is 1090. The summed E-state index contributed by atoms with van der Waals surface area (Å²) in [4.78, 5) is 31.5. The molecule has 1 fully saturated rings. The summed E-state index contributed by atoms with van der Waals surface area (Å²) in [6.45, 7) is 12.8. The van der Waals surface area contributed by atoms with Gasteiger partial charge in [-0.15, -0.1) is 0 Å². The van der Waals surface area contributed by atoms with Gasteiger partial charge in [-0.05, 0) is 41.7 Å². The molecule has 1 aromatic heterocycles. The van der Waals surface area contributed by atoms with Crippen LogP contribution in [0.1, 0.15) is 63.3 Å². The summed E-state index contributed by atoms with van der Waals surface area (Å²) in [6, 6.07) is 10.4. The van der Waals surface area contributed by atoms with E-state index in [-0.39, 0.29) is 31.1 Å². The molecule has 2 aromatic rings. The van der Waals surface area contributed by atoms with Gasteiger partial charge in [0.15, 0.2) is 8.32 Å². The largest absolute Gasteiger partial charge is 0.481 e. The fourth-order valence-corrected chi connectivity index (χ4v) is 5.00. The van der Waals surface area contributed by atoms with E-state index in [4.69, 9.17) is 13.9 Å². The van der Waals surface area contributed by atoms with E-state index in [1.807, 2.05) is 30.3 Å². The Hall–Kier alpha value is -2.75. The first-order valence-electron chi connectivity index (χ1n) is 12.3. The van der Waals surface area contributed by atoms with Gasteiger partial charge >= 0.3 is 6.09 Å². The molecule has 1 N–H and O–H groups in total. The van der Waals surface area contributed by atoms with E-state index in [1.165, 1.54) is 7.11 Å². The molecule has 0 bridgehead atoms. The summed E-state index contributed by atoms with van der Waals surface area (Å²) in [5, 5.41) is 11.8. The highest BCUT2D eigenvalue weighted by molar-refractivity contribution is 6.74. The van der Waals surface area contributed by atoms with Crippen LogP contribution in [0, 0.1) is 0 Å². The third kappa shape index (κ3) is 5.63. The van der Waals surface area contributed by atoms with Gasteiger partial charge in [0.1, 0.15) is 12.6 Å². The summed E-state index contributed by atoms with van der Waals surface area (Å²) in [5.41, 5.74) is 0.341. The Morgan fingerprint density at radius 2 is 1.89 bits per heavy atom. The van der Waals surface area contributed by atoms with Crippen molar-refractivity contribution in [1.29, 1.82) is 0 Å². The standard InChI is InChI=1S/C27H38N2O6Si/c1-8-27(32,16-23(30)29-22(18-34-25(29)31)19-12-10-9-11-13-19)21-14-15-28-24(33-5)20(21)17-35-36(6,7)26(2,3)4/h9-15,22,32H,8,16-18H2,1-7H3/t22-,27?/m1/s1. The van der Waals surface area contributed by atoms with Crippen LogP contribution in [0.3, 0.4) is 0 Å². The lowest BCUT2D eigenvalue weighted by molar-refractivity contribution is -0.135. The molecule has 1 saturated heterocycles. The minimum atomic E-state index is -2.13. The van der Waals surface area contributed by atoms with Gasteiger partial charge in [-0.2, -0.15) is 0 Å². The van der Waals surface area contributed by atoms with Crippen LogP contribution in [0.4, 0.5) is 4.79 Å². The molecule has 3 rings (SSSR count). The normalized spacial score (nSPS) is 18.1. The van der Waals surface area contributed by atoms with Gasteiger partial charge in [0.05, 0.1) is 25.7 Å². The van der Waals surface area contributed by atoms with Crippen LogP contribution in [0.2, 0.25) is 18.1 Å². The summed E-state index contributed by atoms with van der Waals surface area (Å²) in [6.07, 6.45) is 0.771. The molecule has 2 heterocycles. The van der Waals surface area contributed by atoms with Crippen molar-refractivity contribution in [2.75, 3.05) is 13.7 Å². The number of imide groups is 1. The third-order valence-corrected chi connectivity index (χ3v) is 11.9. The number of cyclic esters (lactones) is 1. The number of pyridine rings is 1. The molecule has 1 aliphatic heterocycles.